The van der Waals surface area contributed by atoms with Gasteiger partial charge in [0, 0.05) is 27.5 Å². The van der Waals surface area contributed by atoms with E-state index in [2.05, 4.69) is 147 Å². The van der Waals surface area contributed by atoms with Gasteiger partial charge in [0.15, 0.2) is 5.82 Å². The molecular weight excluding hydrogens is 613 g/mol. The van der Waals surface area contributed by atoms with Gasteiger partial charge in [-0.05, 0) is 90.3 Å². The molecule has 49 heavy (non-hydrogen) atoms. The molecule has 4 aromatic rings. The number of benzene rings is 3. The highest BCUT2D eigenvalue weighted by Gasteiger charge is 2.40. The molecule has 0 saturated carbocycles. The Balaban J connectivity index is 1.03. The first kappa shape index (κ1) is 31.8. The van der Waals surface area contributed by atoms with E-state index in [1.165, 1.54) is 38.3 Å². The molecule has 8 rings (SSSR count). The van der Waals surface area contributed by atoms with Crippen LogP contribution in [0.3, 0.4) is 0 Å². The molecule has 1 aromatic heterocycles. The van der Waals surface area contributed by atoms with Crippen molar-refractivity contribution in [2.75, 3.05) is 0 Å². The summed E-state index contributed by atoms with van der Waals surface area (Å²) in [5.41, 5.74) is 11.4. The minimum absolute atomic E-state index is 0.0668. The van der Waals surface area contributed by atoms with E-state index >= 15 is 0 Å². The lowest BCUT2D eigenvalue weighted by Gasteiger charge is -2.34. The molecule has 4 aliphatic rings. The molecule has 244 valence electrons. The Kier molecular flexibility index (Phi) is 8.72. The molecule has 0 spiro atoms. The Hall–Kier alpha value is -4.47. The maximum absolute atomic E-state index is 5.17. The summed E-state index contributed by atoms with van der Waals surface area (Å²) in [4.78, 5) is 11.7. The van der Waals surface area contributed by atoms with Crippen LogP contribution in [0.1, 0.15) is 86.0 Å². The lowest BCUT2D eigenvalue weighted by Crippen LogP contribution is -2.25. The van der Waals surface area contributed by atoms with Crippen molar-refractivity contribution in [3.05, 3.63) is 174 Å². The zero-order valence-electron chi connectivity index (χ0n) is 28.6. The Morgan fingerprint density at radius 1 is 0.878 bits per heavy atom. The first-order valence-electron chi connectivity index (χ1n) is 17.8. The van der Waals surface area contributed by atoms with Gasteiger partial charge in [-0.15, -0.1) is 11.8 Å². The zero-order valence-corrected chi connectivity index (χ0v) is 29.4. The van der Waals surface area contributed by atoms with Crippen molar-refractivity contribution in [1.29, 1.82) is 0 Å². The first-order valence-corrected chi connectivity index (χ1v) is 18.7. The van der Waals surface area contributed by atoms with Crippen LogP contribution in [0.2, 0.25) is 0 Å². The molecule has 0 amide bonds. The van der Waals surface area contributed by atoms with Crippen LogP contribution in [-0.4, -0.2) is 15.2 Å². The molecule has 1 aliphatic heterocycles. The molecule has 2 heterocycles. The topological polar surface area (TPSA) is 25.8 Å². The van der Waals surface area contributed by atoms with Crippen molar-refractivity contribution in [2.45, 2.75) is 73.3 Å². The molecule has 3 aromatic carbocycles. The Labute approximate surface area is 296 Å². The van der Waals surface area contributed by atoms with E-state index in [4.69, 9.17) is 16.5 Å². The van der Waals surface area contributed by atoms with Crippen LogP contribution in [0.4, 0.5) is 0 Å². The summed E-state index contributed by atoms with van der Waals surface area (Å²) in [6.07, 6.45) is 23.1. The van der Waals surface area contributed by atoms with E-state index in [0.717, 1.165) is 54.9 Å². The van der Waals surface area contributed by atoms with Crippen molar-refractivity contribution < 1.29 is 0 Å². The van der Waals surface area contributed by atoms with Crippen LogP contribution in [0, 0.1) is 5.92 Å². The highest BCUT2D eigenvalue weighted by molar-refractivity contribution is 8.00. The van der Waals surface area contributed by atoms with E-state index < -0.39 is 0 Å². The van der Waals surface area contributed by atoms with E-state index in [9.17, 15) is 0 Å². The number of fused-ring (bicyclic) bond motifs is 1. The van der Waals surface area contributed by atoms with Gasteiger partial charge < -0.3 is 0 Å². The minimum atomic E-state index is 0.0668. The molecule has 0 bridgehead atoms. The second-order valence-corrected chi connectivity index (χ2v) is 15.6. The summed E-state index contributed by atoms with van der Waals surface area (Å²) in [6.45, 7) is 9.46. The summed E-state index contributed by atoms with van der Waals surface area (Å²) in [5.74, 6) is 2.11. The Morgan fingerprint density at radius 3 is 2.43 bits per heavy atom. The molecule has 0 saturated heterocycles. The Bertz CT molecular complexity index is 2030. The SMILES string of the molecule is C=C(c1ccc(C2(C)CC=C(c3nc(-c4ccccc4)cc(C4C=CC=CC4)n3)CC2)cc1)C1Sc2ccccc2C1C1CC=CC=C1C. The number of hydrogen-bond acceptors (Lipinski definition) is 3. The Morgan fingerprint density at radius 2 is 1.67 bits per heavy atom. The highest BCUT2D eigenvalue weighted by atomic mass is 32.2. The van der Waals surface area contributed by atoms with Gasteiger partial charge in [0.25, 0.3) is 0 Å². The molecule has 0 fully saturated rings. The normalized spacial score (nSPS) is 25.8. The van der Waals surface area contributed by atoms with Crippen LogP contribution < -0.4 is 0 Å². The fraction of sp³-hybridized carbons (Fsp3) is 0.261. The fourth-order valence-corrected chi connectivity index (χ4v) is 9.70. The molecule has 5 unspecified atom stereocenters. The second kappa shape index (κ2) is 13.4. The molecule has 3 heteroatoms. The smallest absolute Gasteiger partial charge is 0.155 e. The van der Waals surface area contributed by atoms with Crippen molar-refractivity contribution in [3.8, 4) is 11.3 Å². The van der Waals surface area contributed by atoms with Gasteiger partial charge in [-0.1, -0.05) is 140 Å². The van der Waals surface area contributed by atoms with Crippen LogP contribution in [0.15, 0.2) is 151 Å². The molecule has 5 atom stereocenters. The largest absolute Gasteiger partial charge is 0.233 e. The number of rotatable bonds is 7. The number of allylic oxidation sites excluding steroid dienone is 10. The van der Waals surface area contributed by atoms with Gasteiger partial charge in [0.1, 0.15) is 0 Å². The van der Waals surface area contributed by atoms with Gasteiger partial charge in [0.2, 0.25) is 0 Å². The maximum atomic E-state index is 5.17. The molecule has 2 nitrogen and oxygen atoms in total. The van der Waals surface area contributed by atoms with Crippen molar-refractivity contribution in [3.63, 3.8) is 0 Å². The summed E-state index contributed by atoms with van der Waals surface area (Å²) in [6, 6.07) is 31.1. The number of aromatic nitrogens is 2. The van der Waals surface area contributed by atoms with Crippen LogP contribution in [-0.2, 0) is 5.41 Å². The van der Waals surface area contributed by atoms with Gasteiger partial charge in [-0.2, -0.15) is 0 Å². The summed E-state index contributed by atoms with van der Waals surface area (Å²) in [5, 5.41) is 0.329. The van der Waals surface area contributed by atoms with Crippen molar-refractivity contribution in [2.24, 2.45) is 5.92 Å². The summed E-state index contributed by atoms with van der Waals surface area (Å²) >= 11 is 2.00. The van der Waals surface area contributed by atoms with Gasteiger partial charge >= 0.3 is 0 Å². The van der Waals surface area contributed by atoms with Gasteiger partial charge in [-0.3, -0.25) is 0 Å². The quantitative estimate of drug-likeness (QED) is 0.198. The predicted molar refractivity (Wildman–Crippen MR) is 208 cm³/mol. The average molecular weight is 657 g/mol. The van der Waals surface area contributed by atoms with E-state index in [1.54, 1.807) is 0 Å². The van der Waals surface area contributed by atoms with Crippen molar-refractivity contribution in [1.82, 2.24) is 9.97 Å². The minimum Gasteiger partial charge on any atom is -0.233 e. The maximum Gasteiger partial charge on any atom is 0.155 e. The summed E-state index contributed by atoms with van der Waals surface area (Å²) in [7, 11) is 0. The molecular formula is C46H44N2S. The predicted octanol–water partition coefficient (Wildman–Crippen LogP) is 12.1. The number of nitrogens with zero attached hydrogens (tertiary/aromatic N) is 2. The van der Waals surface area contributed by atoms with E-state index in [1.807, 2.05) is 11.8 Å². The van der Waals surface area contributed by atoms with Crippen LogP contribution >= 0.6 is 11.8 Å². The number of thioether (sulfide) groups is 1. The summed E-state index contributed by atoms with van der Waals surface area (Å²) < 4.78 is 0. The molecule has 3 aliphatic carbocycles. The lowest BCUT2D eigenvalue weighted by atomic mass is 9.71. The second-order valence-electron chi connectivity index (χ2n) is 14.4. The van der Waals surface area contributed by atoms with Gasteiger partial charge in [0.05, 0.1) is 11.4 Å². The highest BCUT2D eigenvalue weighted by Crippen LogP contribution is 2.55. The molecule has 0 radical (unpaired) electrons. The molecule has 0 N–H and O–H groups in total. The van der Waals surface area contributed by atoms with Gasteiger partial charge in [-0.25, -0.2) is 9.97 Å². The first-order chi connectivity index (χ1) is 24.0. The van der Waals surface area contributed by atoms with E-state index in [0.29, 0.717) is 17.1 Å². The van der Waals surface area contributed by atoms with E-state index in [-0.39, 0.29) is 11.3 Å². The third kappa shape index (κ3) is 6.26. The van der Waals surface area contributed by atoms with Crippen LogP contribution in [0.5, 0.6) is 0 Å². The zero-order chi connectivity index (χ0) is 33.4. The monoisotopic (exact) mass is 656 g/mol. The number of hydrogen-bond donors (Lipinski definition) is 0. The third-order valence-corrected chi connectivity index (χ3v) is 12.7. The standard InChI is InChI=1S/C46H44N2S/c1-31-14-10-11-19-38(31)43-39-20-12-13-21-42(39)49-44(43)32(2)33-22-24-37(25-23-33)46(3)28-26-36(27-29-46)45-47-40(34-15-6-4-7-16-34)30-41(48-45)35-17-8-5-9-18-35/h4-17,20-26,30,35,38,43-44H,2,18-19,27-29H2,1,3H3. The fourth-order valence-electron chi connectivity index (χ4n) is 8.17. The lowest BCUT2D eigenvalue weighted by molar-refractivity contribution is 0.432. The average Bonchev–Trinajstić information content (AvgIpc) is 3.55. The third-order valence-electron chi connectivity index (χ3n) is 11.3. The van der Waals surface area contributed by atoms with Crippen molar-refractivity contribution >= 4 is 22.9 Å². The van der Waals surface area contributed by atoms with Crippen LogP contribution in [0.25, 0.3) is 22.4 Å².